The molecule has 0 aliphatic carbocycles. The minimum atomic E-state index is 0.659. The summed E-state index contributed by atoms with van der Waals surface area (Å²) in [6, 6.07) is 14.4. The molecule has 0 radical (unpaired) electrons. The fourth-order valence-electron chi connectivity index (χ4n) is 4.43. The van der Waals surface area contributed by atoms with Crippen molar-refractivity contribution in [3.8, 4) is 28.3 Å². The van der Waals surface area contributed by atoms with Gasteiger partial charge in [0.2, 0.25) is 0 Å². The van der Waals surface area contributed by atoms with E-state index in [1.807, 2.05) is 59.1 Å². The molecule has 4 heterocycles. The van der Waals surface area contributed by atoms with Crippen LogP contribution >= 0.6 is 0 Å². The smallest absolute Gasteiger partial charge is 0.140 e. The molecule has 0 aliphatic heterocycles. The zero-order valence-electron chi connectivity index (χ0n) is 22.2. The largest absolute Gasteiger partial charge is 0.493 e. The van der Waals surface area contributed by atoms with Crippen molar-refractivity contribution in [3.05, 3.63) is 79.1 Å². The second-order valence-electron chi connectivity index (χ2n) is 9.20. The second kappa shape index (κ2) is 11.9. The summed E-state index contributed by atoms with van der Waals surface area (Å²) in [6.07, 6.45) is 10.3. The van der Waals surface area contributed by atoms with Crippen molar-refractivity contribution >= 4 is 11.5 Å². The topological polar surface area (TPSA) is 85.4 Å². The van der Waals surface area contributed by atoms with Gasteiger partial charge in [0, 0.05) is 50.2 Å². The monoisotopic (exact) mass is 510 g/mol. The van der Waals surface area contributed by atoms with E-state index >= 15 is 0 Å². The maximum Gasteiger partial charge on any atom is 0.140 e. The molecule has 5 aromatic rings. The zero-order chi connectivity index (χ0) is 26.3. The van der Waals surface area contributed by atoms with Crippen molar-refractivity contribution in [2.24, 2.45) is 7.05 Å². The van der Waals surface area contributed by atoms with Crippen LogP contribution in [-0.4, -0.2) is 60.3 Å². The first-order valence-electron chi connectivity index (χ1n) is 13.1. The predicted octanol–water partition coefficient (Wildman–Crippen LogP) is 4.91. The van der Waals surface area contributed by atoms with Crippen LogP contribution in [0.4, 0.5) is 5.82 Å². The van der Waals surface area contributed by atoms with Crippen LogP contribution < -0.4 is 10.1 Å². The molecular weight excluding hydrogens is 476 g/mol. The Bertz CT molecular complexity index is 1470. The number of nitrogens with one attached hydrogen (secondary N) is 1. The van der Waals surface area contributed by atoms with E-state index in [2.05, 4.69) is 68.4 Å². The van der Waals surface area contributed by atoms with Crippen molar-refractivity contribution in [1.82, 2.24) is 34.0 Å². The van der Waals surface area contributed by atoms with E-state index in [9.17, 15) is 0 Å². The molecule has 0 spiro atoms. The summed E-state index contributed by atoms with van der Waals surface area (Å²) in [5, 5.41) is 7.65. The Morgan fingerprint density at radius 2 is 1.79 bits per heavy atom. The third-order valence-electron chi connectivity index (χ3n) is 6.66. The number of rotatable bonds is 12. The van der Waals surface area contributed by atoms with E-state index in [4.69, 9.17) is 4.74 Å². The van der Waals surface area contributed by atoms with Crippen molar-refractivity contribution in [1.29, 1.82) is 0 Å². The summed E-state index contributed by atoms with van der Waals surface area (Å²) in [5.74, 6) is 1.59. The maximum absolute atomic E-state index is 5.98. The van der Waals surface area contributed by atoms with Gasteiger partial charge >= 0.3 is 0 Å². The summed E-state index contributed by atoms with van der Waals surface area (Å²) >= 11 is 0. The molecule has 9 heteroatoms. The Morgan fingerprint density at radius 1 is 0.947 bits per heavy atom. The van der Waals surface area contributed by atoms with Crippen LogP contribution in [0.15, 0.2) is 73.6 Å². The van der Waals surface area contributed by atoms with Gasteiger partial charge in [-0.1, -0.05) is 38.1 Å². The Labute approximate surface area is 223 Å². The first-order valence-corrected chi connectivity index (χ1v) is 13.1. The average Bonchev–Trinajstić information content (AvgIpc) is 3.58. The lowest BCUT2D eigenvalue weighted by Crippen LogP contribution is -2.25. The van der Waals surface area contributed by atoms with Gasteiger partial charge in [-0.3, -0.25) is 9.08 Å². The SMILES string of the molecule is CCN(CC)CCCOc1ccn2c(-c3cc(NCc4ccc(-c5cnn(C)c5)cc4)ncn3)cnc2c1. The molecule has 1 aromatic carbocycles. The molecule has 9 nitrogen and oxygen atoms in total. The lowest BCUT2D eigenvalue weighted by atomic mass is 10.1. The van der Waals surface area contributed by atoms with Crippen LogP contribution in [0.25, 0.3) is 28.2 Å². The molecule has 0 aliphatic rings. The molecule has 4 aromatic heterocycles. The standard InChI is InChI=1S/C29H34N8O/c1-4-36(5-2)12-6-14-38-25-11-13-37-27(19-31-29(37)15-25)26-16-28(33-21-32-26)30-17-22-7-9-23(10-8-22)24-18-34-35(3)20-24/h7-11,13,15-16,18-21H,4-6,12,14,17H2,1-3H3,(H,30,32,33). The van der Waals surface area contributed by atoms with Crippen LogP contribution in [0.5, 0.6) is 5.75 Å². The van der Waals surface area contributed by atoms with E-state index in [0.29, 0.717) is 13.2 Å². The molecule has 0 saturated heterocycles. The number of hydrogen-bond acceptors (Lipinski definition) is 7. The summed E-state index contributed by atoms with van der Waals surface area (Å²) in [7, 11) is 1.92. The molecular formula is C29H34N8O. The molecule has 0 atom stereocenters. The van der Waals surface area contributed by atoms with E-state index in [-0.39, 0.29) is 0 Å². The van der Waals surface area contributed by atoms with Crippen molar-refractivity contribution in [2.45, 2.75) is 26.8 Å². The Morgan fingerprint density at radius 3 is 2.55 bits per heavy atom. The van der Waals surface area contributed by atoms with Crippen LogP contribution in [0.1, 0.15) is 25.8 Å². The van der Waals surface area contributed by atoms with Crippen molar-refractivity contribution in [2.75, 3.05) is 31.6 Å². The number of pyridine rings is 1. The highest BCUT2D eigenvalue weighted by Crippen LogP contribution is 2.24. The molecule has 0 unspecified atom stereocenters. The summed E-state index contributed by atoms with van der Waals surface area (Å²) < 4.78 is 9.80. The Balaban J connectivity index is 1.21. The van der Waals surface area contributed by atoms with E-state index in [1.165, 1.54) is 0 Å². The van der Waals surface area contributed by atoms with Gasteiger partial charge in [0.1, 0.15) is 23.5 Å². The van der Waals surface area contributed by atoms with Crippen molar-refractivity contribution < 1.29 is 4.74 Å². The van der Waals surface area contributed by atoms with E-state index < -0.39 is 0 Å². The van der Waals surface area contributed by atoms with Gasteiger partial charge in [-0.2, -0.15) is 5.10 Å². The number of fused-ring (bicyclic) bond motifs is 1. The summed E-state index contributed by atoms with van der Waals surface area (Å²) in [4.78, 5) is 15.9. The minimum absolute atomic E-state index is 0.659. The van der Waals surface area contributed by atoms with E-state index in [0.717, 1.165) is 71.3 Å². The van der Waals surface area contributed by atoms with Crippen LogP contribution in [0.2, 0.25) is 0 Å². The number of hydrogen-bond donors (Lipinski definition) is 1. The number of aryl methyl sites for hydroxylation is 1. The molecule has 196 valence electrons. The lowest BCUT2D eigenvalue weighted by molar-refractivity contribution is 0.249. The van der Waals surface area contributed by atoms with Gasteiger partial charge in [-0.05, 0) is 36.7 Å². The highest BCUT2D eigenvalue weighted by molar-refractivity contribution is 5.64. The molecule has 0 saturated carbocycles. The molecule has 0 bridgehead atoms. The van der Waals surface area contributed by atoms with Gasteiger partial charge in [-0.15, -0.1) is 0 Å². The number of nitrogens with zero attached hydrogens (tertiary/aromatic N) is 7. The van der Waals surface area contributed by atoms with Gasteiger partial charge in [0.25, 0.3) is 0 Å². The van der Waals surface area contributed by atoms with Gasteiger partial charge in [0.05, 0.1) is 30.4 Å². The maximum atomic E-state index is 5.98. The lowest BCUT2D eigenvalue weighted by Gasteiger charge is -2.17. The number of benzene rings is 1. The first-order chi connectivity index (χ1) is 18.6. The molecule has 1 N–H and O–H groups in total. The number of imidazole rings is 1. The van der Waals surface area contributed by atoms with Crippen LogP contribution in [0.3, 0.4) is 0 Å². The normalized spacial score (nSPS) is 11.4. The highest BCUT2D eigenvalue weighted by Gasteiger charge is 2.10. The highest BCUT2D eigenvalue weighted by atomic mass is 16.5. The van der Waals surface area contributed by atoms with Crippen molar-refractivity contribution in [3.63, 3.8) is 0 Å². The van der Waals surface area contributed by atoms with Crippen LogP contribution in [-0.2, 0) is 13.6 Å². The quantitative estimate of drug-likeness (QED) is 0.239. The summed E-state index contributed by atoms with van der Waals surface area (Å²) in [6.45, 7) is 8.91. The average molecular weight is 511 g/mol. The first kappa shape index (κ1) is 25.4. The third kappa shape index (κ3) is 6.00. The zero-order valence-corrected chi connectivity index (χ0v) is 22.2. The number of ether oxygens (including phenoxy) is 1. The van der Waals surface area contributed by atoms with Gasteiger partial charge in [-0.25, -0.2) is 15.0 Å². The third-order valence-corrected chi connectivity index (χ3v) is 6.66. The number of aromatic nitrogens is 6. The van der Waals surface area contributed by atoms with Gasteiger partial charge < -0.3 is 15.0 Å². The predicted molar refractivity (Wildman–Crippen MR) is 150 cm³/mol. The second-order valence-corrected chi connectivity index (χ2v) is 9.20. The van der Waals surface area contributed by atoms with E-state index in [1.54, 1.807) is 6.33 Å². The molecule has 5 rings (SSSR count). The molecule has 0 fully saturated rings. The minimum Gasteiger partial charge on any atom is -0.493 e. The fourth-order valence-corrected chi connectivity index (χ4v) is 4.43. The fraction of sp³-hybridized carbons (Fsp3) is 0.310. The van der Waals surface area contributed by atoms with Crippen LogP contribution in [0, 0.1) is 0 Å². The Hall–Kier alpha value is -4.24. The molecule has 38 heavy (non-hydrogen) atoms. The number of anilines is 1. The van der Waals surface area contributed by atoms with Gasteiger partial charge in [0.15, 0.2) is 0 Å². The summed E-state index contributed by atoms with van der Waals surface area (Å²) in [5.41, 5.74) is 5.94. The molecule has 0 amide bonds. The Kier molecular flexibility index (Phi) is 7.94.